The van der Waals surface area contributed by atoms with Gasteiger partial charge in [-0.15, -0.1) is 0 Å². The molecule has 1 fully saturated rings. The third-order valence-corrected chi connectivity index (χ3v) is 3.89. The van der Waals surface area contributed by atoms with Gasteiger partial charge in [-0.1, -0.05) is 30.9 Å². The highest BCUT2D eigenvalue weighted by molar-refractivity contribution is 5.78. The van der Waals surface area contributed by atoms with Crippen LogP contribution in [0.1, 0.15) is 12.5 Å². The van der Waals surface area contributed by atoms with Crippen molar-refractivity contribution < 1.29 is 14.3 Å². The van der Waals surface area contributed by atoms with Crippen molar-refractivity contribution in [2.75, 3.05) is 46.0 Å². The van der Waals surface area contributed by atoms with Crippen molar-refractivity contribution in [3.63, 3.8) is 0 Å². The number of amides is 1. The molecule has 0 aliphatic carbocycles. The van der Waals surface area contributed by atoms with E-state index in [0.717, 1.165) is 24.4 Å². The Kier molecular flexibility index (Phi) is 7.10. The molecule has 2 rings (SSSR count). The summed E-state index contributed by atoms with van der Waals surface area (Å²) >= 11 is 0. The lowest BCUT2D eigenvalue weighted by molar-refractivity contribution is -0.133. The average Bonchev–Trinajstić information content (AvgIpc) is 2.59. The predicted molar refractivity (Wildman–Crippen MR) is 90.5 cm³/mol. The predicted octanol–water partition coefficient (Wildman–Crippen LogP) is 1.93. The molecule has 0 radical (unpaired) electrons. The minimum Gasteiger partial charge on any atom is -0.489 e. The standard InChI is InChI=1S/C18H26N2O3/c1-3-11-23-17-8-6-5-7-16(17)14-20(4-2)18(21)15-19-9-12-22-13-10-19/h3,5-8H,1,4,9-15H2,2H3. The first kappa shape index (κ1) is 17.5. The molecule has 1 amide bonds. The summed E-state index contributed by atoms with van der Waals surface area (Å²) in [6, 6.07) is 7.84. The highest BCUT2D eigenvalue weighted by Gasteiger charge is 2.19. The van der Waals surface area contributed by atoms with Crippen molar-refractivity contribution in [2.24, 2.45) is 0 Å². The summed E-state index contributed by atoms with van der Waals surface area (Å²) in [5.74, 6) is 0.956. The first-order valence-electron chi connectivity index (χ1n) is 8.14. The first-order chi connectivity index (χ1) is 11.2. The van der Waals surface area contributed by atoms with E-state index in [0.29, 0.717) is 39.5 Å². The van der Waals surface area contributed by atoms with Gasteiger partial charge in [-0.25, -0.2) is 0 Å². The van der Waals surface area contributed by atoms with E-state index >= 15 is 0 Å². The van der Waals surface area contributed by atoms with E-state index in [1.165, 1.54) is 0 Å². The molecule has 0 spiro atoms. The monoisotopic (exact) mass is 318 g/mol. The molecule has 1 aliphatic rings. The second kappa shape index (κ2) is 9.33. The molecule has 126 valence electrons. The molecule has 0 aromatic heterocycles. The van der Waals surface area contributed by atoms with Crippen LogP contribution in [0, 0.1) is 0 Å². The molecule has 1 aromatic carbocycles. The fraction of sp³-hybridized carbons (Fsp3) is 0.500. The fourth-order valence-corrected chi connectivity index (χ4v) is 2.56. The van der Waals surface area contributed by atoms with Gasteiger partial charge in [-0.05, 0) is 13.0 Å². The summed E-state index contributed by atoms with van der Waals surface area (Å²) in [6.07, 6.45) is 1.72. The molecule has 0 saturated carbocycles. The van der Waals surface area contributed by atoms with Crippen LogP contribution in [0.5, 0.6) is 5.75 Å². The van der Waals surface area contributed by atoms with Crippen LogP contribution in [-0.2, 0) is 16.1 Å². The number of ether oxygens (including phenoxy) is 2. The molecule has 0 bridgehead atoms. The number of carbonyl (C=O) groups excluding carboxylic acids is 1. The Bertz CT molecular complexity index is 513. The number of nitrogens with zero attached hydrogens (tertiary/aromatic N) is 2. The maximum atomic E-state index is 12.6. The normalized spacial score (nSPS) is 15.2. The Balaban J connectivity index is 1.97. The number of hydrogen-bond acceptors (Lipinski definition) is 4. The summed E-state index contributed by atoms with van der Waals surface area (Å²) in [5.41, 5.74) is 1.02. The molecule has 0 N–H and O–H groups in total. The molecule has 0 atom stereocenters. The van der Waals surface area contributed by atoms with Crippen LogP contribution in [0.4, 0.5) is 0 Å². The molecular formula is C18H26N2O3. The Labute approximate surface area is 138 Å². The minimum atomic E-state index is 0.146. The maximum absolute atomic E-state index is 12.6. The van der Waals surface area contributed by atoms with E-state index in [2.05, 4.69) is 11.5 Å². The van der Waals surface area contributed by atoms with Gasteiger partial charge >= 0.3 is 0 Å². The third-order valence-electron chi connectivity index (χ3n) is 3.89. The lowest BCUT2D eigenvalue weighted by Crippen LogP contribution is -2.44. The molecule has 1 heterocycles. The van der Waals surface area contributed by atoms with Gasteiger partial charge in [0.1, 0.15) is 12.4 Å². The van der Waals surface area contributed by atoms with Gasteiger partial charge in [-0.3, -0.25) is 9.69 Å². The van der Waals surface area contributed by atoms with Crippen LogP contribution < -0.4 is 4.74 Å². The van der Waals surface area contributed by atoms with Gasteiger partial charge < -0.3 is 14.4 Å². The SMILES string of the molecule is C=CCOc1ccccc1CN(CC)C(=O)CN1CCOCC1. The molecule has 23 heavy (non-hydrogen) atoms. The summed E-state index contributed by atoms with van der Waals surface area (Å²) in [5, 5.41) is 0. The zero-order valence-corrected chi connectivity index (χ0v) is 13.9. The van der Waals surface area contributed by atoms with Crippen LogP contribution >= 0.6 is 0 Å². The van der Waals surface area contributed by atoms with Gasteiger partial charge in [0.2, 0.25) is 5.91 Å². The van der Waals surface area contributed by atoms with Crippen LogP contribution in [0.15, 0.2) is 36.9 Å². The molecule has 1 aromatic rings. The van der Waals surface area contributed by atoms with E-state index in [-0.39, 0.29) is 5.91 Å². The Morgan fingerprint density at radius 3 is 2.83 bits per heavy atom. The lowest BCUT2D eigenvalue weighted by atomic mass is 10.2. The largest absolute Gasteiger partial charge is 0.489 e. The van der Waals surface area contributed by atoms with E-state index in [1.807, 2.05) is 36.1 Å². The van der Waals surface area contributed by atoms with Crippen LogP contribution in [0.2, 0.25) is 0 Å². The summed E-state index contributed by atoms with van der Waals surface area (Å²) in [4.78, 5) is 16.6. The molecule has 1 aliphatic heterocycles. The van der Waals surface area contributed by atoms with Crippen molar-refractivity contribution in [3.8, 4) is 5.75 Å². The number of likely N-dealkylation sites (N-methyl/N-ethyl adjacent to an activating group) is 1. The highest BCUT2D eigenvalue weighted by Crippen LogP contribution is 2.20. The zero-order valence-electron chi connectivity index (χ0n) is 13.9. The van der Waals surface area contributed by atoms with E-state index in [4.69, 9.17) is 9.47 Å². The summed E-state index contributed by atoms with van der Waals surface area (Å²) in [6.45, 7) is 10.9. The van der Waals surface area contributed by atoms with Crippen LogP contribution in [-0.4, -0.2) is 61.7 Å². The van der Waals surface area contributed by atoms with Crippen molar-refractivity contribution in [2.45, 2.75) is 13.5 Å². The van der Waals surface area contributed by atoms with E-state index in [1.54, 1.807) is 6.08 Å². The number of benzene rings is 1. The maximum Gasteiger partial charge on any atom is 0.237 e. The lowest BCUT2D eigenvalue weighted by Gasteiger charge is -2.29. The van der Waals surface area contributed by atoms with Gasteiger partial charge in [0.15, 0.2) is 0 Å². The van der Waals surface area contributed by atoms with E-state index < -0.39 is 0 Å². The Hall–Kier alpha value is -1.85. The summed E-state index contributed by atoms with van der Waals surface area (Å²) < 4.78 is 11.0. The molecule has 5 nitrogen and oxygen atoms in total. The van der Waals surface area contributed by atoms with Crippen molar-refractivity contribution in [3.05, 3.63) is 42.5 Å². The highest BCUT2D eigenvalue weighted by atomic mass is 16.5. The van der Waals surface area contributed by atoms with Crippen molar-refractivity contribution in [1.29, 1.82) is 0 Å². The quantitative estimate of drug-likeness (QED) is 0.687. The number of para-hydroxylation sites is 1. The van der Waals surface area contributed by atoms with Crippen molar-refractivity contribution in [1.82, 2.24) is 9.80 Å². The number of rotatable bonds is 8. The van der Waals surface area contributed by atoms with Gasteiger partial charge in [0, 0.05) is 31.7 Å². The van der Waals surface area contributed by atoms with Gasteiger partial charge in [-0.2, -0.15) is 0 Å². The number of morpholine rings is 1. The topological polar surface area (TPSA) is 42.0 Å². The Morgan fingerprint density at radius 1 is 1.39 bits per heavy atom. The Morgan fingerprint density at radius 2 is 2.13 bits per heavy atom. The number of carbonyl (C=O) groups is 1. The second-order valence-electron chi connectivity index (χ2n) is 5.50. The first-order valence-corrected chi connectivity index (χ1v) is 8.14. The second-order valence-corrected chi connectivity index (χ2v) is 5.50. The molecule has 5 heteroatoms. The van der Waals surface area contributed by atoms with Crippen LogP contribution in [0.3, 0.4) is 0 Å². The fourth-order valence-electron chi connectivity index (χ4n) is 2.56. The van der Waals surface area contributed by atoms with E-state index in [9.17, 15) is 4.79 Å². The van der Waals surface area contributed by atoms with Crippen molar-refractivity contribution >= 4 is 5.91 Å². The van der Waals surface area contributed by atoms with Crippen LogP contribution in [0.25, 0.3) is 0 Å². The average molecular weight is 318 g/mol. The number of hydrogen-bond donors (Lipinski definition) is 0. The molecule has 0 unspecified atom stereocenters. The minimum absolute atomic E-state index is 0.146. The smallest absolute Gasteiger partial charge is 0.237 e. The zero-order chi connectivity index (χ0) is 16.5. The van der Waals surface area contributed by atoms with Gasteiger partial charge in [0.05, 0.1) is 19.8 Å². The third kappa shape index (κ3) is 5.37. The summed E-state index contributed by atoms with van der Waals surface area (Å²) in [7, 11) is 0. The van der Waals surface area contributed by atoms with Gasteiger partial charge in [0.25, 0.3) is 0 Å². The molecular weight excluding hydrogens is 292 g/mol. The molecule has 1 saturated heterocycles.